The van der Waals surface area contributed by atoms with Crippen LogP contribution in [0.4, 0.5) is 18.9 Å². The molecule has 2 atom stereocenters. The average molecular weight is 408 g/mol. The normalized spacial score (nSPS) is 18.9. The summed E-state index contributed by atoms with van der Waals surface area (Å²) in [7, 11) is 0. The molecule has 0 N–H and O–H groups in total. The molecule has 1 heterocycles. The van der Waals surface area contributed by atoms with E-state index >= 15 is 0 Å². The number of hydrogen-bond donors (Lipinski definition) is 0. The van der Waals surface area contributed by atoms with Gasteiger partial charge in [-0.15, -0.1) is 0 Å². The summed E-state index contributed by atoms with van der Waals surface area (Å²) in [4.78, 5) is 13.5. The van der Waals surface area contributed by atoms with Crippen molar-refractivity contribution in [3.05, 3.63) is 102 Å². The van der Waals surface area contributed by atoms with Crippen LogP contribution in [0.3, 0.4) is 0 Å². The molecule has 1 aliphatic rings. The number of benzene rings is 3. The van der Waals surface area contributed by atoms with Crippen molar-refractivity contribution in [3.63, 3.8) is 0 Å². The number of ketones is 1. The minimum absolute atomic E-state index is 0.353. The summed E-state index contributed by atoms with van der Waals surface area (Å²) in [6, 6.07) is 22.5. The zero-order valence-corrected chi connectivity index (χ0v) is 16.2. The fraction of sp³-hybridized carbons (Fsp3) is 0.167. The SMILES string of the molecule is Cc1ccc(C(=O)[C@@H]2[C@@H](c3ccccc3)C(C(F)(F)F)=NN2c2ccccc2)cc1. The molecule has 0 fully saturated rings. The zero-order valence-electron chi connectivity index (χ0n) is 16.2. The molecular weight excluding hydrogens is 389 g/mol. The minimum atomic E-state index is -4.67. The van der Waals surface area contributed by atoms with E-state index in [1.165, 1.54) is 5.01 Å². The Balaban J connectivity index is 1.88. The molecule has 30 heavy (non-hydrogen) atoms. The number of rotatable bonds is 4. The first-order chi connectivity index (χ1) is 14.4. The third kappa shape index (κ3) is 3.73. The first-order valence-electron chi connectivity index (χ1n) is 9.52. The number of carbonyl (C=O) groups is 1. The Labute approximate surface area is 172 Å². The van der Waals surface area contributed by atoms with Crippen LogP contribution in [0.5, 0.6) is 0 Å². The van der Waals surface area contributed by atoms with Gasteiger partial charge in [-0.1, -0.05) is 78.4 Å². The van der Waals surface area contributed by atoms with Gasteiger partial charge in [0, 0.05) is 5.56 Å². The van der Waals surface area contributed by atoms with E-state index in [4.69, 9.17) is 0 Å². The van der Waals surface area contributed by atoms with Gasteiger partial charge in [0.25, 0.3) is 0 Å². The number of para-hydroxylation sites is 1. The maximum atomic E-state index is 14.0. The molecule has 0 unspecified atom stereocenters. The van der Waals surface area contributed by atoms with Gasteiger partial charge in [-0.2, -0.15) is 18.3 Å². The van der Waals surface area contributed by atoms with Gasteiger partial charge in [0.15, 0.2) is 11.5 Å². The number of anilines is 1. The van der Waals surface area contributed by atoms with Crippen LogP contribution in [0.15, 0.2) is 90.0 Å². The molecular formula is C24H19F3N2O. The minimum Gasteiger partial charge on any atom is -0.292 e. The highest BCUT2D eigenvalue weighted by Gasteiger charge is 2.53. The Morgan fingerprint density at radius 3 is 2.00 bits per heavy atom. The standard InChI is InChI=1S/C24H19F3N2O/c1-16-12-14-18(15-13-16)22(30)21-20(17-8-4-2-5-9-17)23(24(25,26)27)28-29(21)19-10-6-3-7-11-19/h2-15,20-21H,1H3/t20-,21+/m1/s1. The van der Waals surface area contributed by atoms with E-state index < -0.39 is 29.6 Å². The number of hydrazone groups is 1. The van der Waals surface area contributed by atoms with E-state index in [0.717, 1.165) is 5.56 Å². The highest BCUT2D eigenvalue weighted by Crippen LogP contribution is 2.41. The van der Waals surface area contributed by atoms with E-state index in [-0.39, 0.29) is 0 Å². The van der Waals surface area contributed by atoms with Gasteiger partial charge < -0.3 is 0 Å². The molecule has 0 saturated heterocycles. The Hall–Kier alpha value is -3.41. The fourth-order valence-electron chi connectivity index (χ4n) is 3.71. The highest BCUT2D eigenvalue weighted by molar-refractivity contribution is 6.11. The number of alkyl halides is 3. The van der Waals surface area contributed by atoms with Gasteiger partial charge >= 0.3 is 6.18 Å². The molecule has 1 aliphatic heterocycles. The largest absolute Gasteiger partial charge is 0.431 e. The molecule has 0 amide bonds. The van der Waals surface area contributed by atoms with Crippen molar-refractivity contribution in [2.45, 2.75) is 25.1 Å². The fourth-order valence-corrected chi connectivity index (χ4v) is 3.71. The topological polar surface area (TPSA) is 32.7 Å². The second-order valence-electron chi connectivity index (χ2n) is 7.23. The number of nitrogens with zero attached hydrogens (tertiary/aromatic N) is 2. The Morgan fingerprint density at radius 1 is 0.867 bits per heavy atom. The summed E-state index contributed by atoms with van der Waals surface area (Å²) in [6.45, 7) is 1.89. The average Bonchev–Trinajstić information content (AvgIpc) is 3.16. The third-order valence-electron chi connectivity index (χ3n) is 5.16. The summed E-state index contributed by atoms with van der Waals surface area (Å²) in [5, 5.41) is 5.15. The molecule has 0 aliphatic carbocycles. The van der Waals surface area contributed by atoms with Crippen molar-refractivity contribution in [2.24, 2.45) is 5.10 Å². The van der Waals surface area contributed by atoms with Crippen LogP contribution in [0.25, 0.3) is 0 Å². The molecule has 0 bridgehead atoms. The molecule has 0 spiro atoms. The van der Waals surface area contributed by atoms with Crippen LogP contribution in [0.1, 0.15) is 27.4 Å². The highest BCUT2D eigenvalue weighted by atomic mass is 19.4. The predicted octanol–water partition coefficient (Wildman–Crippen LogP) is 5.77. The first-order valence-corrected chi connectivity index (χ1v) is 9.52. The van der Waals surface area contributed by atoms with E-state index in [1.807, 2.05) is 6.92 Å². The molecule has 3 aromatic rings. The van der Waals surface area contributed by atoms with Crippen molar-refractivity contribution in [3.8, 4) is 0 Å². The van der Waals surface area contributed by atoms with E-state index in [2.05, 4.69) is 5.10 Å². The van der Waals surface area contributed by atoms with Gasteiger partial charge in [-0.05, 0) is 24.6 Å². The van der Waals surface area contributed by atoms with E-state index in [1.54, 1.807) is 84.9 Å². The van der Waals surface area contributed by atoms with Crippen molar-refractivity contribution in [1.82, 2.24) is 0 Å². The summed E-state index contributed by atoms with van der Waals surface area (Å²) in [6.07, 6.45) is -4.67. The zero-order chi connectivity index (χ0) is 21.3. The van der Waals surface area contributed by atoms with E-state index in [9.17, 15) is 18.0 Å². The van der Waals surface area contributed by atoms with Gasteiger partial charge in [-0.3, -0.25) is 9.80 Å². The van der Waals surface area contributed by atoms with Gasteiger partial charge in [0.05, 0.1) is 11.6 Å². The van der Waals surface area contributed by atoms with Crippen molar-refractivity contribution < 1.29 is 18.0 Å². The maximum Gasteiger partial charge on any atom is 0.431 e. The summed E-state index contributed by atoms with van der Waals surface area (Å²) in [5.74, 6) is -1.64. The van der Waals surface area contributed by atoms with Crippen LogP contribution < -0.4 is 5.01 Å². The van der Waals surface area contributed by atoms with Crippen LogP contribution in [-0.4, -0.2) is 23.7 Å². The monoisotopic (exact) mass is 408 g/mol. The Kier molecular flexibility index (Phi) is 5.16. The molecule has 0 radical (unpaired) electrons. The third-order valence-corrected chi connectivity index (χ3v) is 5.16. The van der Waals surface area contributed by atoms with Crippen LogP contribution in [0.2, 0.25) is 0 Å². The van der Waals surface area contributed by atoms with Crippen LogP contribution >= 0.6 is 0 Å². The van der Waals surface area contributed by atoms with Gasteiger partial charge in [-0.25, -0.2) is 0 Å². The Bertz CT molecular complexity index is 1060. The van der Waals surface area contributed by atoms with Crippen molar-refractivity contribution in [2.75, 3.05) is 5.01 Å². The molecule has 4 rings (SSSR count). The number of aryl methyl sites for hydroxylation is 1. The quantitative estimate of drug-likeness (QED) is 0.514. The lowest BCUT2D eigenvalue weighted by Crippen LogP contribution is -2.41. The van der Waals surface area contributed by atoms with Crippen LogP contribution in [0, 0.1) is 6.92 Å². The Morgan fingerprint density at radius 2 is 1.43 bits per heavy atom. The number of halogens is 3. The molecule has 3 nitrogen and oxygen atoms in total. The lowest BCUT2D eigenvalue weighted by atomic mass is 9.83. The molecule has 152 valence electrons. The molecule has 6 heteroatoms. The first kappa shape index (κ1) is 19.9. The molecule has 0 aromatic heterocycles. The van der Waals surface area contributed by atoms with Crippen molar-refractivity contribution >= 4 is 17.2 Å². The molecule has 3 aromatic carbocycles. The van der Waals surface area contributed by atoms with E-state index in [0.29, 0.717) is 16.8 Å². The number of Topliss-reactive ketones (excluding diaryl/α,β-unsaturated/α-hetero) is 1. The molecule has 0 saturated carbocycles. The smallest absolute Gasteiger partial charge is 0.292 e. The second-order valence-corrected chi connectivity index (χ2v) is 7.23. The number of carbonyl (C=O) groups excluding carboxylic acids is 1. The van der Waals surface area contributed by atoms with Crippen molar-refractivity contribution in [1.29, 1.82) is 0 Å². The van der Waals surface area contributed by atoms with Crippen LogP contribution in [-0.2, 0) is 0 Å². The van der Waals surface area contributed by atoms with Gasteiger partial charge in [0.2, 0.25) is 0 Å². The maximum absolute atomic E-state index is 14.0. The predicted molar refractivity (Wildman–Crippen MR) is 111 cm³/mol. The van der Waals surface area contributed by atoms with Gasteiger partial charge in [0.1, 0.15) is 6.04 Å². The lowest BCUT2D eigenvalue weighted by molar-refractivity contribution is -0.0608. The lowest BCUT2D eigenvalue weighted by Gasteiger charge is -2.27. The second kappa shape index (κ2) is 7.78. The summed E-state index contributed by atoms with van der Waals surface area (Å²) < 4.78 is 42.0. The summed E-state index contributed by atoms with van der Waals surface area (Å²) >= 11 is 0. The summed E-state index contributed by atoms with van der Waals surface area (Å²) in [5.41, 5.74) is 1.18. The number of hydrogen-bond acceptors (Lipinski definition) is 3.